The van der Waals surface area contributed by atoms with Crippen LogP contribution in [-0.2, 0) is 7.05 Å². The smallest absolute Gasteiger partial charge is 0.0766 e. The number of nitrogens with one attached hydrogen (secondary N) is 1. The molecular formula is C15H16N4. The van der Waals surface area contributed by atoms with Crippen LogP contribution in [0.15, 0.2) is 48.9 Å². The fourth-order valence-corrected chi connectivity index (χ4v) is 2.50. The summed E-state index contributed by atoms with van der Waals surface area (Å²) in [4.78, 5) is 4.35. The Morgan fingerprint density at radius 2 is 2.00 bits per heavy atom. The van der Waals surface area contributed by atoms with E-state index in [-0.39, 0.29) is 6.04 Å². The summed E-state index contributed by atoms with van der Waals surface area (Å²) in [6, 6.07) is 10.4. The SMILES string of the molecule is CNC(c1cncc2ccccc12)c1ccnn1C. The third-order valence-corrected chi connectivity index (χ3v) is 3.45. The molecule has 0 aliphatic heterocycles. The van der Waals surface area contributed by atoms with Crippen LogP contribution in [0.5, 0.6) is 0 Å². The van der Waals surface area contributed by atoms with Crippen molar-refractivity contribution < 1.29 is 0 Å². The number of benzene rings is 1. The number of aromatic nitrogens is 3. The molecule has 2 aromatic heterocycles. The van der Waals surface area contributed by atoms with E-state index < -0.39 is 0 Å². The number of pyridine rings is 1. The van der Waals surface area contributed by atoms with E-state index in [9.17, 15) is 0 Å². The summed E-state index contributed by atoms with van der Waals surface area (Å²) < 4.78 is 1.89. The van der Waals surface area contributed by atoms with Crippen LogP contribution in [0.4, 0.5) is 0 Å². The molecule has 1 N–H and O–H groups in total. The summed E-state index contributed by atoms with van der Waals surface area (Å²) in [5.41, 5.74) is 2.30. The number of rotatable bonds is 3. The van der Waals surface area contributed by atoms with Crippen molar-refractivity contribution in [3.8, 4) is 0 Å². The van der Waals surface area contributed by atoms with E-state index in [0.717, 1.165) is 11.1 Å². The molecule has 3 aromatic rings. The third-order valence-electron chi connectivity index (χ3n) is 3.45. The Labute approximate surface area is 112 Å². The van der Waals surface area contributed by atoms with Crippen molar-refractivity contribution in [3.05, 3.63) is 60.2 Å². The Bertz CT molecular complexity index is 697. The Hall–Kier alpha value is -2.20. The highest BCUT2D eigenvalue weighted by Gasteiger charge is 2.17. The van der Waals surface area contributed by atoms with Crippen LogP contribution in [0.2, 0.25) is 0 Å². The van der Waals surface area contributed by atoms with Crippen molar-refractivity contribution in [2.45, 2.75) is 6.04 Å². The van der Waals surface area contributed by atoms with E-state index in [0.29, 0.717) is 0 Å². The molecule has 0 aliphatic rings. The number of fused-ring (bicyclic) bond motifs is 1. The summed E-state index contributed by atoms with van der Waals surface area (Å²) in [5, 5.41) is 9.98. The fourth-order valence-electron chi connectivity index (χ4n) is 2.50. The molecule has 4 nitrogen and oxygen atoms in total. The van der Waals surface area contributed by atoms with Gasteiger partial charge in [-0.05, 0) is 18.5 Å². The topological polar surface area (TPSA) is 42.7 Å². The van der Waals surface area contributed by atoms with Gasteiger partial charge in [0.2, 0.25) is 0 Å². The highest BCUT2D eigenvalue weighted by Crippen LogP contribution is 2.27. The van der Waals surface area contributed by atoms with Crippen molar-refractivity contribution in [3.63, 3.8) is 0 Å². The van der Waals surface area contributed by atoms with Crippen molar-refractivity contribution in [2.24, 2.45) is 7.05 Å². The first-order chi connectivity index (χ1) is 9.31. The van der Waals surface area contributed by atoms with E-state index in [2.05, 4.69) is 33.6 Å². The Kier molecular flexibility index (Phi) is 3.01. The lowest BCUT2D eigenvalue weighted by Crippen LogP contribution is -2.21. The van der Waals surface area contributed by atoms with Crippen LogP contribution in [0.25, 0.3) is 10.8 Å². The molecule has 96 valence electrons. The normalized spacial score (nSPS) is 12.7. The number of nitrogens with zero attached hydrogens (tertiary/aromatic N) is 3. The van der Waals surface area contributed by atoms with Gasteiger partial charge < -0.3 is 5.32 Å². The minimum Gasteiger partial charge on any atom is -0.308 e. The molecule has 2 heterocycles. The molecule has 1 unspecified atom stereocenters. The zero-order chi connectivity index (χ0) is 13.2. The highest BCUT2D eigenvalue weighted by molar-refractivity contribution is 5.85. The van der Waals surface area contributed by atoms with Crippen molar-refractivity contribution in [2.75, 3.05) is 7.05 Å². The predicted molar refractivity (Wildman–Crippen MR) is 75.9 cm³/mol. The summed E-state index contributed by atoms with van der Waals surface area (Å²) in [7, 11) is 3.91. The quantitative estimate of drug-likeness (QED) is 0.777. The molecule has 0 saturated carbocycles. The molecule has 0 bridgehead atoms. The van der Waals surface area contributed by atoms with Crippen LogP contribution < -0.4 is 5.32 Å². The standard InChI is InChI=1S/C15H16N4/c1-16-15(14-7-8-18-19(14)2)13-10-17-9-11-5-3-4-6-12(11)13/h3-10,15-16H,1-2H3. The van der Waals surface area contributed by atoms with Crippen molar-refractivity contribution in [1.29, 1.82) is 0 Å². The van der Waals surface area contributed by atoms with Gasteiger partial charge in [0.25, 0.3) is 0 Å². The number of aryl methyl sites for hydroxylation is 1. The molecule has 1 atom stereocenters. The van der Waals surface area contributed by atoms with Crippen LogP contribution in [0.1, 0.15) is 17.3 Å². The van der Waals surface area contributed by atoms with Crippen LogP contribution in [-0.4, -0.2) is 21.8 Å². The van der Waals surface area contributed by atoms with Gasteiger partial charge in [-0.25, -0.2) is 0 Å². The zero-order valence-electron chi connectivity index (χ0n) is 11.0. The Morgan fingerprint density at radius 1 is 1.16 bits per heavy atom. The first-order valence-electron chi connectivity index (χ1n) is 6.29. The average molecular weight is 252 g/mol. The van der Waals surface area contributed by atoms with Crippen LogP contribution in [0.3, 0.4) is 0 Å². The molecule has 3 rings (SSSR count). The maximum atomic E-state index is 4.35. The first-order valence-corrected chi connectivity index (χ1v) is 6.29. The van der Waals surface area contributed by atoms with Gasteiger partial charge in [0.15, 0.2) is 0 Å². The second-order valence-electron chi connectivity index (χ2n) is 4.55. The lowest BCUT2D eigenvalue weighted by Gasteiger charge is -2.18. The number of hydrogen-bond acceptors (Lipinski definition) is 3. The summed E-state index contributed by atoms with van der Waals surface area (Å²) in [5.74, 6) is 0. The van der Waals surface area contributed by atoms with E-state index in [1.54, 1.807) is 0 Å². The van der Waals surface area contributed by atoms with Crippen molar-refractivity contribution in [1.82, 2.24) is 20.1 Å². The second-order valence-corrected chi connectivity index (χ2v) is 4.55. The van der Waals surface area contributed by atoms with Crippen LogP contribution in [0, 0.1) is 0 Å². The molecular weight excluding hydrogens is 236 g/mol. The van der Waals surface area contributed by atoms with E-state index in [1.165, 1.54) is 10.9 Å². The fraction of sp³-hybridized carbons (Fsp3) is 0.200. The monoisotopic (exact) mass is 252 g/mol. The maximum Gasteiger partial charge on any atom is 0.0766 e. The van der Waals surface area contributed by atoms with Gasteiger partial charge in [0.1, 0.15) is 0 Å². The van der Waals surface area contributed by atoms with E-state index >= 15 is 0 Å². The Morgan fingerprint density at radius 3 is 2.74 bits per heavy atom. The molecule has 0 radical (unpaired) electrons. The highest BCUT2D eigenvalue weighted by atomic mass is 15.3. The van der Waals surface area contributed by atoms with E-state index in [1.807, 2.05) is 49.5 Å². The first kappa shape index (κ1) is 11.9. The minimum atomic E-state index is 0.0890. The molecule has 1 aromatic carbocycles. The average Bonchev–Trinajstić information content (AvgIpc) is 2.86. The van der Waals surface area contributed by atoms with Gasteiger partial charge in [0.05, 0.1) is 11.7 Å². The van der Waals surface area contributed by atoms with Gasteiger partial charge in [0, 0.05) is 36.6 Å². The minimum absolute atomic E-state index is 0.0890. The van der Waals surface area contributed by atoms with Gasteiger partial charge in [-0.1, -0.05) is 24.3 Å². The van der Waals surface area contributed by atoms with Gasteiger partial charge in [-0.15, -0.1) is 0 Å². The van der Waals surface area contributed by atoms with Gasteiger partial charge >= 0.3 is 0 Å². The van der Waals surface area contributed by atoms with Crippen molar-refractivity contribution >= 4 is 10.8 Å². The van der Waals surface area contributed by atoms with E-state index in [4.69, 9.17) is 0 Å². The predicted octanol–water partition coefficient (Wildman–Crippen LogP) is 2.28. The molecule has 0 fully saturated rings. The summed E-state index contributed by atoms with van der Waals surface area (Å²) in [6.07, 6.45) is 5.64. The van der Waals surface area contributed by atoms with Gasteiger partial charge in [-0.3, -0.25) is 9.67 Å². The molecule has 0 aliphatic carbocycles. The third kappa shape index (κ3) is 2.00. The lowest BCUT2D eigenvalue weighted by molar-refractivity contribution is 0.607. The maximum absolute atomic E-state index is 4.35. The molecule has 4 heteroatoms. The Balaban J connectivity index is 2.20. The van der Waals surface area contributed by atoms with Gasteiger partial charge in [-0.2, -0.15) is 5.10 Å². The zero-order valence-corrected chi connectivity index (χ0v) is 11.0. The lowest BCUT2D eigenvalue weighted by atomic mass is 9.99. The second kappa shape index (κ2) is 4.82. The van der Waals surface area contributed by atoms with Crippen LogP contribution >= 0.6 is 0 Å². The molecule has 0 spiro atoms. The molecule has 0 saturated heterocycles. The largest absolute Gasteiger partial charge is 0.308 e. The summed E-state index contributed by atoms with van der Waals surface area (Å²) in [6.45, 7) is 0. The summed E-state index contributed by atoms with van der Waals surface area (Å²) >= 11 is 0. The molecule has 19 heavy (non-hydrogen) atoms. The number of hydrogen-bond donors (Lipinski definition) is 1. The molecule has 0 amide bonds.